The SMILES string of the molecule is COc1ccc(-c2[nH]ncc2CN(C)[C@@H]2CCOC2)c(F)c1. The summed E-state index contributed by atoms with van der Waals surface area (Å²) in [6.45, 7) is 2.26. The van der Waals surface area contributed by atoms with Crippen LogP contribution in [-0.2, 0) is 11.3 Å². The van der Waals surface area contributed by atoms with E-state index in [1.807, 2.05) is 0 Å². The summed E-state index contributed by atoms with van der Waals surface area (Å²) in [5.41, 5.74) is 2.19. The van der Waals surface area contributed by atoms with Gasteiger partial charge in [0.25, 0.3) is 0 Å². The van der Waals surface area contributed by atoms with Gasteiger partial charge in [-0.2, -0.15) is 5.10 Å². The van der Waals surface area contributed by atoms with Crippen molar-refractivity contribution < 1.29 is 13.9 Å². The molecular formula is C16H20FN3O2. The van der Waals surface area contributed by atoms with Gasteiger partial charge < -0.3 is 9.47 Å². The maximum atomic E-state index is 14.3. The number of aromatic nitrogens is 2. The lowest BCUT2D eigenvalue weighted by atomic mass is 10.1. The lowest BCUT2D eigenvalue weighted by Crippen LogP contribution is -2.31. The zero-order chi connectivity index (χ0) is 15.5. The van der Waals surface area contributed by atoms with Crippen molar-refractivity contribution in [3.63, 3.8) is 0 Å². The predicted octanol–water partition coefficient (Wildman–Crippen LogP) is 2.45. The van der Waals surface area contributed by atoms with Crippen LogP contribution in [0, 0.1) is 5.82 Å². The van der Waals surface area contributed by atoms with Gasteiger partial charge in [0.05, 0.1) is 25.6 Å². The molecule has 0 bridgehead atoms. The molecule has 1 N–H and O–H groups in total. The third-order valence-corrected chi connectivity index (χ3v) is 4.11. The number of aromatic amines is 1. The van der Waals surface area contributed by atoms with E-state index in [0.717, 1.165) is 25.2 Å². The van der Waals surface area contributed by atoms with Gasteiger partial charge in [-0.05, 0) is 25.6 Å². The normalized spacial score (nSPS) is 18.1. The average Bonchev–Trinajstić information content (AvgIpc) is 3.18. The second kappa shape index (κ2) is 6.46. The minimum Gasteiger partial charge on any atom is -0.497 e. The summed E-state index contributed by atoms with van der Waals surface area (Å²) in [5, 5.41) is 6.99. The van der Waals surface area contributed by atoms with Crippen LogP contribution < -0.4 is 4.74 Å². The van der Waals surface area contributed by atoms with Gasteiger partial charge in [-0.1, -0.05) is 0 Å². The van der Waals surface area contributed by atoms with Crippen molar-refractivity contribution in [1.82, 2.24) is 15.1 Å². The molecule has 1 aromatic heterocycles. The lowest BCUT2D eigenvalue weighted by molar-refractivity contribution is 0.156. The molecule has 6 heteroatoms. The first-order chi connectivity index (χ1) is 10.7. The minimum atomic E-state index is -0.322. The van der Waals surface area contributed by atoms with Gasteiger partial charge in [0.1, 0.15) is 11.6 Å². The fourth-order valence-electron chi connectivity index (χ4n) is 2.76. The number of hydrogen-bond acceptors (Lipinski definition) is 4. The minimum absolute atomic E-state index is 0.322. The zero-order valence-electron chi connectivity index (χ0n) is 12.8. The summed E-state index contributed by atoms with van der Waals surface area (Å²) >= 11 is 0. The molecule has 118 valence electrons. The van der Waals surface area contributed by atoms with Crippen LogP contribution in [0.2, 0.25) is 0 Å². The second-order valence-corrected chi connectivity index (χ2v) is 5.55. The van der Waals surface area contributed by atoms with Crippen LogP contribution >= 0.6 is 0 Å². The molecule has 1 aliphatic rings. The molecule has 1 aromatic carbocycles. The molecule has 22 heavy (non-hydrogen) atoms. The highest BCUT2D eigenvalue weighted by atomic mass is 19.1. The van der Waals surface area contributed by atoms with Crippen LogP contribution in [0.5, 0.6) is 5.75 Å². The molecule has 0 saturated carbocycles. The molecule has 5 nitrogen and oxygen atoms in total. The molecule has 1 aliphatic heterocycles. The van der Waals surface area contributed by atoms with Crippen molar-refractivity contribution in [2.75, 3.05) is 27.4 Å². The first kappa shape index (κ1) is 15.0. The molecule has 0 aliphatic carbocycles. The summed E-state index contributed by atoms with van der Waals surface area (Å²) in [6, 6.07) is 5.25. The molecule has 1 fully saturated rings. The fourth-order valence-corrected chi connectivity index (χ4v) is 2.76. The molecule has 0 amide bonds. The summed E-state index contributed by atoms with van der Waals surface area (Å²) in [6.07, 6.45) is 2.78. The highest BCUT2D eigenvalue weighted by Gasteiger charge is 2.22. The smallest absolute Gasteiger partial charge is 0.136 e. The third-order valence-electron chi connectivity index (χ3n) is 4.11. The van der Waals surface area contributed by atoms with E-state index in [1.54, 1.807) is 18.3 Å². The van der Waals surface area contributed by atoms with Gasteiger partial charge in [-0.25, -0.2) is 4.39 Å². The second-order valence-electron chi connectivity index (χ2n) is 5.55. The van der Waals surface area contributed by atoms with E-state index in [-0.39, 0.29) is 5.82 Å². The van der Waals surface area contributed by atoms with Crippen molar-refractivity contribution in [3.05, 3.63) is 35.8 Å². The maximum Gasteiger partial charge on any atom is 0.136 e. The van der Waals surface area contributed by atoms with Crippen molar-refractivity contribution in [2.45, 2.75) is 19.0 Å². The van der Waals surface area contributed by atoms with E-state index < -0.39 is 0 Å². The summed E-state index contributed by atoms with van der Waals surface area (Å²) < 4.78 is 24.7. The number of methoxy groups -OCH3 is 1. The number of H-pyrrole nitrogens is 1. The molecule has 0 unspecified atom stereocenters. The van der Waals surface area contributed by atoms with Crippen molar-refractivity contribution >= 4 is 0 Å². The average molecular weight is 305 g/mol. The summed E-state index contributed by atoms with van der Waals surface area (Å²) in [4.78, 5) is 2.22. The van der Waals surface area contributed by atoms with Gasteiger partial charge in [-0.15, -0.1) is 0 Å². The zero-order valence-corrected chi connectivity index (χ0v) is 12.8. The van der Waals surface area contributed by atoms with Crippen LogP contribution in [0.1, 0.15) is 12.0 Å². The number of nitrogens with zero attached hydrogens (tertiary/aromatic N) is 2. The van der Waals surface area contributed by atoms with Crippen molar-refractivity contribution in [3.8, 4) is 17.0 Å². The van der Waals surface area contributed by atoms with Crippen molar-refractivity contribution in [1.29, 1.82) is 0 Å². The van der Waals surface area contributed by atoms with Crippen molar-refractivity contribution in [2.24, 2.45) is 0 Å². The van der Waals surface area contributed by atoms with Gasteiger partial charge >= 0.3 is 0 Å². The Labute approximate surface area is 129 Å². The number of hydrogen-bond donors (Lipinski definition) is 1. The summed E-state index contributed by atoms with van der Waals surface area (Å²) in [5.74, 6) is 0.180. The molecule has 2 aromatic rings. The Morgan fingerprint density at radius 3 is 3.05 bits per heavy atom. The maximum absolute atomic E-state index is 14.3. The van der Waals surface area contributed by atoms with E-state index in [0.29, 0.717) is 29.6 Å². The van der Waals surface area contributed by atoms with E-state index in [1.165, 1.54) is 13.2 Å². The quantitative estimate of drug-likeness (QED) is 0.922. The van der Waals surface area contributed by atoms with Crippen LogP contribution in [-0.4, -0.2) is 48.5 Å². The Kier molecular flexibility index (Phi) is 4.40. The Bertz CT molecular complexity index is 638. The molecule has 1 saturated heterocycles. The Balaban J connectivity index is 1.82. The van der Waals surface area contributed by atoms with Crippen LogP contribution in [0.4, 0.5) is 4.39 Å². The third kappa shape index (κ3) is 2.98. The first-order valence-corrected chi connectivity index (χ1v) is 7.33. The number of halogens is 1. The highest BCUT2D eigenvalue weighted by molar-refractivity contribution is 5.64. The molecule has 0 radical (unpaired) electrons. The largest absolute Gasteiger partial charge is 0.497 e. The van der Waals surface area contributed by atoms with Crippen LogP contribution in [0.25, 0.3) is 11.3 Å². The highest BCUT2D eigenvalue weighted by Crippen LogP contribution is 2.28. The fraction of sp³-hybridized carbons (Fsp3) is 0.438. The molecule has 1 atom stereocenters. The number of rotatable bonds is 5. The number of likely N-dealkylation sites (N-methyl/N-ethyl adjacent to an activating group) is 1. The number of nitrogens with one attached hydrogen (secondary N) is 1. The lowest BCUT2D eigenvalue weighted by Gasteiger charge is -2.22. The van der Waals surface area contributed by atoms with Gasteiger partial charge in [-0.3, -0.25) is 10.00 Å². The van der Waals surface area contributed by atoms with E-state index in [4.69, 9.17) is 9.47 Å². The van der Waals surface area contributed by atoms with Gasteiger partial charge in [0.15, 0.2) is 0 Å². The van der Waals surface area contributed by atoms with Gasteiger partial charge in [0.2, 0.25) is 0 Å². The Morgan fingerprint density at radius 1 is 1.50 bits per heavy atom. The molecule has 3 rings (SSSR count). The number of benzene rings is 1. The van der Waals surface area contributed by atoms with Crippen LogP contribution in [0.15, 0.2) is 24.4 Å². The Hall–Kier alpha value is -1.92. The predicted molar refractivity (Wildman–Crippen MR) is 81.2 cm³/mol. The molecule has 0 spiro atoms. The van der Waals surface area contributed by atoms with E-state index >= 15 is 0 Å². The topological polar surface area (TPSA) is 50.4 Å². The monoisotopic (exact) mass is 305 g/mol. The number of ether oxygens (including phenoxy) is 2. The van der Waals surface area contributed by atoms with Gasteiger partial charge in [0, 0.05) is 36.4 Å². The van der Waals surface area contributed by atoms with E-state index in [2.05, 4.69) is 22.1 Å². The standard InChI is InChI=1S/C16H20FN3O2/c1-20(12-5-6-22-10-12)9-11-8-18-19-16(11)14-4-3-13(21-2)7-15(14)17/h3-4,7-8,12H,5-6,9-10H2,1-2H3,(H,18,19)/t12-/m1/s1. The van der Waals surface area contributed by atoms with Crippen LogP contribution in [0.3, 0.4) is 0 Å². The Morgan fingerprint density at radius 2 is 2.36 bits per heavy atom. The summed E-state index contributed by atoms with van der Waals surface area (Å²) in [7, 11) is 3.58. The van der Waals surface area contributed by atoms with E-state index in [9.17, 15) is 4.39 Å². The molecular weight excluding hydrogens is 285 g/mol. The molecule has 2 heterocycles. The first-order valence-electron chi connectivity index (χ1n) is 7.33.